The lowest BCUT2D eigenvalue weighted by Gasteiger charge is -2.28. The van der Waals surface area contributed by atoms with Crippen LogP contribution in [0, 0.1) is 12.3 Å². The zero-order valence-corrected chi connectivity index (χ0v) is 9.96. The highest BCUT2D eigenvalue weighted by atomic mass is 19.1. The average molecular weight is 235 g/mol. The first-order valence-electron chi connectivity index (χ1n) is 5.88. The summed E-state index contributed by atoms with van der Waals surface area (Å²) in [6, 6.07) is 3.70. The number of hydrogen-bond acceptors (Lipinski definition) is 3. The summed E-state index contributed by atoms with van der Waals surface area (Å²) >= 11 is 0. The van der Waals surface area contributed by atoms with E-state index >= 15 is 0 Å². The number of alkyl halides is 1. The van der Waals surface area contributed by atoms with E-state index in [4.69, 9.17) is 11.1 Å². The first-order chi connectivity index (χ1) is 8.13. The van der Waals surface area contributed by atoms with Crippen LogP contribution < -0.4 is 11.1 Å². The summed E-state index contributed by atoms with van der Waals surface area (Å²) in [6.07, 6.45) is 1.18. The van der Waals surface area contributed by atoms with Crippen molar-refractivity contribution in [2.75, 3.05) is 18.8 Å². The summed E-state index contributed by atoms with van der Waals surface area (Å²) in [5, 5.41) is 10.3. The maximum Gasteiger partial charge on any atom is 0.119 e. The van der Waals surface area contributed by atoms with Crippen molar-refractivity contribution in [2.24, 2.45) is 0 Å². The molecule has 1 aliphatic rings. The molecule has 1 aliphatic heterocycles. The summed E-state index contributed by atoms with van der Waals surface area (Å²) in [7, 11) is 0. The highest BCUT2D eigenvalue weighted by Crippen LogP contribution is 2.32. The number of nitrogens with two attached hydrogens (primary N) is 1. The molecule has 17 heavy (non-hydrogen) atoms. The Morgan fingerprint density at radius 1 is 1.53 bits per heavy atom. The summed E-state index contributed by atoms with van der Waals surface area (Å²) in [4.78, 5) is 0. The predicted octanol–water partition coefficient (Wildman–Crippen LogP) is 1.99. The minimum Gasteiger partial charge on any atom is -0.398 e. The zero-order valence-electron chi connectivity index (χ0n) is 9.96. The van der Waals surface area contributed by atoms with Crippen LogP contribution in [0.15, 0.2) is 12.1 Å². The van der Waals surface area contributed by atoms with Crippen LogP contribution in [-0.4, -0.2) is 25.5 Å². The molecule has 1 aromatic rings. The third-order valence-electron chi connectivity index (χ3n) is 3.43. The molecule has 0 spiro atoms. The Morgan fingerprint density at radius 3 is 2.94 bits per heavy atom. The lowest BCUT2D eigenvalue weighted by atomic mass is 9.85. The molecular weight excluding hydrogens is 217 g/mol. The van der Waals surface area contributed by atoms with Gasteiger partial charge >= 0.3 is 0 Å². The van der Waals surface area contributed by atoms with E-state index in [1.54, 1.807) is 0 Å². The highest BCUT2D eigenvalue weighted by molar-refractivity contribution is 5.85. The van der Waals surface area contributed by atoms with Crippen molar-refractivity contribution in [3.63, 3.8) is 0 Å². The third-order valence-corrected chi connectivity index (χ3v) is 3.43. The molecule has 1 aromatic carbocycles. The number of rotatable bonds is 2. The standard InChI is InChI=1S/C13H18FN3/c1-8-4-9(6-15)13(16)5-11(8)10-2-3-17-7-12(10)14/h4-6,10,12,15,17H,2-3,7,16H2,1H3. The van der Waals surface area contributed by atoms with Crippen LogP contribution in [0.4, 0.5) is 10.1 Å². The van der Waals surface area contributed by atoms with Crippen molar-refractivity contribution in [1.82, 2.24) is 5.32 Å². The molecule has 2 atom stereocenters. The zero-order chi connectivity index (χ0) is 12.4. The van der Waals surface area contributed by atoms with Gasteiger partial charge in [-0.3, -0.25) is 0 Å². The molecule has 0 radical (unpaired) electrons. The number of nitrogens with one attached hydrogen (secondary N) is 2. The number of anilines is 1. The van der Waals surface area contributed by atoms with Crippen LogP contribution in [0.25, 0.3) is 0 Å². The molecule has 2 unspecified atom stereocenters. The fraction of sp³-hybridized carbons (Fsp3) is 0.462. The van der Waals surface area contributed by atoms with Crippen LogP contribution >= 0.6 is 0 Å². The van der Waals surface area contributed by atoms with Crippen molar-refractivity contribution in [3.8, 4) is 0 Å². The van der Waals surface area contributed by atoms with Crippen LogP contribution in [0.3, 0.4) is 0 Å². The minimum absolute atomic E-state index is 0.0710. The third kappa shape index (κ3) is 2.31. The average Bonchev–Trinajstić information content (AvgIpc) is 2.32. The van der Waals surface area contributed by atoms with E-state index < -0.39 is 6.17 Å². The fourth-order valence-electron chi connectivity index (χ4n) is 2.46. The molecule has 0 bridgehead atoms. The van der Waals surface area contributed by atoms with Gasteiger partial charge in [0.1, 0.15) is 6.17 Å². The number of hydrogen-bond donors (Lipinski definition) is 3. The normalized spacial score (nSPS) is 24.6. The Balaban J connectivity index is 2.37. The Bertz CT molecular complexity index is 431. The van der Waals surface area contributed by atoms with Gasteiger partial charge < -0.3 is 16.5 Å². The van der Waals surface area contributed by atoms with Gasteiger partial charge in [0.2, 0.25) is 0 Å². The largest absolute Gasteiger partial charge is 0.398 e. The molecule has 3 nitrogen and oxygen atoms in total. The molecule has 2 rings (SSSR count). The second-order valence-electron chi connectivity index (χ2n) is 4.60. The van der Waals surface area contributed by atoms with Gasteiger partial charge in [0, 0.05) is 29.9 Å². The van der Waals surface area contributed by atoms with Crippen LogP contribution in [0.5, 0.6) is 0 Å². The molecule has 4 heteroatoms. The summed E-state index contributed by atoms with van der Waals surface area (Å²) in [6.45, 7) is 3.21. The Hall–Kier alpha value is -1.42. The van der Waals surface area contributed by atoms with E-state index in [1.807, 2.05) is 19.1 Å². The Morgan fingerprint density at radius 2 is 2.29 bits per heavy atom. The fourth-order valence-corrected chi connectivity index (χ4v) is 2.46. The van der Waals surface area contributed by atoms with Crippen LogP contribution in [-0.2, 0) is 0 Å². The summed E-state index contributed by atoms with van der Waals surface area (Å²) in [5.74, 6) is -0.0710. The molecule has 4 N–H and O–H groups in total. The smallest absolute Gasteiger partial charge is 0.119 e. The van der Waals surface area contributed by atoms with Gasteiger partial charge in [-0.25, -0.2) is 4.39 Å². The van der Waals surface area contributed by atoms with E-state index in [0.29, 0.717) is 17.8 Å². The molecule has 0 amide bonds. The lowest BCUT2D eigenvalue weighted by molar-refractivity contribution is 0.231. The van der Waals surface area contributed by atoms with Gasteiger partial charge in [0.25, 0.3) is 0 Å². The van der Waals surface area contributed by atoms with Gasteiger partial charge in [-0.1, -0.05) is 0 Å². The van der Waals surface area contributed by atoms with E-state index in [9.17, 15) is 4.39 Å². The number of aryl methyl sites for hydroxylation is 1. The van der Waals surface area contributed by atoms with Crippen LogP contribution in [0.2, 0.25) is 0 Å². The first kappa shape index (κ1) is 12.0. The van der Waals surface area contributed by atoms with E-state index in [1.165, 1.54) is 6.21 Å². The monoisotopic (exact) mass is 235 g/mol. The maximum atomic E-state index is 13.9. The van der Waals surface area contributed by atoms with Crippen molar-refractivity contribution in [3.05, 3.63) is 28.8 Å². The molecule has 0 saturated carbocycles. The molecule has 0 aliphatic carbocycles. The molecule has 92 valence electrons. The summed E-state index contributed by atoms with van der Waals surface area (Å²) < 4.78 is 13.9. The molecular formula is C13H18FN3. The second kappa shape index (κ2) is 4.84. The number of piperidine rings is 1. The van der Waals surface area contributed by atoms with Gasteiger partial charge in [-0.05, 0) is 43.1 Å². The van der Waals surface area contributed by atoms with Crippen molar-refractivity contribution in [2.45, 2.75) is 25.4 Å². The van der Waals surface area contributed by atoms with Gasteiger partial charge in [-0.15, -0.1) is 0 Å². The van der Waals surface area contributed by atoms with E-state index in [2.05, 4.69) is 5.32 Å². The van der Waals surface area contributed by atoms with Gasteiger partial charge in [-0.2, -0.15) is 0 Å². The molecule has 1 saturated heterocycles. The van der Waals surface area contributed by atoms with Gasteiger partial charge in [0.05, 0.1) is 0 Å². The van der Waals surface area contributed by atoms with E-state index in [-0.39, 0.29) is 5.92 Å². The Labute approximate surface area is 101 Å². The first-order valence-corrected chi connectivity index (χ1v) is 5.88. The van der Waals surface area contributed by atoms with Crippen molar-refractivity contribution < 1.29 is 4.39 Å². The second-order valence-corrected chi connectivity index (χ2v) is 4.60. The molecule has 1 heterocycles. The number of benzene rings is 1. The van der Waals surface area contributed by atoms with Crippen LogP contribution in [0.1, 0.15) is 29.0 Å². The quantitative estimate of drug-likeness (QED) is 0.542. The van der Waals surface area contributed by atoms with E-state index in [0.717, 1.165) is 24.1 Å². The summed E-state index contributed by atoms with van der Waals surface area (Å²) in [5.41, 5.74) is 9.14. The van der Waals surface area contributed by atoms with Crippen molar-refractivity contribution >= 4 is 11.9 Å². The SMILES string of the molecule is Cc1cc(C=N)c(N)cc1C1CCNCC1F. The predicted molar refractivity (Wildman–Crippen MR) is 68.6 cm³/mol. The molecule has 1 fully saturated rings. The topological polar surface area (TPSA) is 61.9 Å². The maximum absolute atomic E-state index is 13.9. The number of halogens is 1. The van der Waals surface area contributed by atoms with Gasteiger partial charge in [0.15, 0.2) is 0 Å². The Kier molecular flexibility index (Phi) is 3.43. The number of nitrogen functional groups attached to an aromatic ring is 1. The highest BCUT2D eigenvalue weighted by Gasteiger charge is 2.27. The minimum atomic E-state index is -0.854. The van der Waals surface area contributed by atoms with Crippen molar-refractivity contribution in [1.29, 1.82) is 5.41 Å². The lowest BCUT2D eigenvalue weighted by Crippen LogP contribution is -2.37. The molecule has 0 aromatic heterocycles.